The molecular weight excluding hydrogens is 290 g/mol. The van der Waals surface area contributed by atoms with Crippen LogP contribution in [-0.4, -0.2) is 19.6 Å². The summed E-state index contributed by atoms with van der Waals surface area (Å²) in [4.78, 5) is 12.4. The summed E-state index contributed by atoms with van der Waals surface area (Å²) in [7, 11) is 1.64. The highest BCUT2D eigenvalue weighted by Gasteiger charge is 2.14. The van der Waals surface area contributed by atoms with Gasteiger partial charge in [-0.3, -0.25) is 4.79 Å². The molecule has 2 rings (SSSR count). The summed E-state index contributed by atoms with van der Waals surface area (Å²) in [5.41, 5.74) is 1.69. The number of methoxy groups -OCH3 is 1. The topological polar surface area (TPSA) is 47.6 Å². The Hall–Kier alpha value is -2.49. The van der Waals surface area contributed by atoms with Crippen molar-refractivity contribution in [3.8, 4) is 11.5 Å². The van der Waals surface area contributed by atoms with Crippen molar-refractivity contribution in [3.05, 3.63) is 59.7 Å². The van der Waals surface area contributed by atoms with E-state index in [0.29, 0.717) is 12.2 Å². The molecule has 0 fully saturated rings. The Morgan fingerprint density at radius 1 is 1.00 bits per heavy atom. The number of hydrogen-bond donors (Lipinski definition) is 1. The van der Waals surface area contributed by atoms with Gasteiger partial charge in [-0.05, 0) is 55.3 Å². The van der Waals surface area contributed by atoms with Crippen LogP contribution in [0, 0.1) is 0 Å². The minimum absolute atomic E-state index is 0.0278. The van der Waals surface area contributed by atoms with E-state index in [4.69, 9.17) is 9.47 Å². The Morgan fingerprint density at radius 3 is 2.13 bits per heavy atom. The number of carbonyl (C=O) groups excluding carboxylic acids is 1. The molecule has 0 saturated heterocycles. The van der Waals surface area contributed by atoms with Crippen LogP contribution in [0.2, 0.25) is 0 Å². The molecule has 0 radical (unpaired) electrons. The fourth-order valence-corrected chi connectivity index (χ4v) is 2.37. The highest BCUT2D eigenvalue weighted by molar-refractivity contribution is 5.94. The third-order valence-corrected chi connectivity index (χ3v) is 3.66. The molecule has 0 aromatic heterocycles. The van der Waals surface area contributed by atoms with E-state index < -0.39 is 0 Å². The molecule has 0 aliphatic heterocycles. The summed E-state index contributed by atoms with van der Waals surface area (Å²) in [6.07, 6.45) is 0.815. The molecule has 0 aliphatic rings. The van der Waals surface area contributed by atoms with E-state index in [9.17, 15) is 4.79 Å². The fraction of sp³-hybridized carbons (Fsp3) is 0.316. The second kappa shape index (κ2) is 8.22. The molecule has 2 aromatic carbocycles. The van der Waals surface area contributed by atoms with Gasteiger partial charge < -0.3 is 14.8 Å². The van der Waals surface area contributed by atoms with Gasteiger partial charge in [0.15, 0.2) is 0 Å². The maximum Gasteiger partial charge on any atom is 0.251 e. The van der Waals surface area contributed by atoms with Gasteiger partial charge >= 0.3 is 0 Å². The molecule has 4 nitrogen and oxygen atoms in total. The zero-order chi connectivity index (χ0) is 16.7. The highest BCUT2D eigenvalue weighted by Crippen LogP contribution is 2.21. The predicted molar refractivity (Wildman–Crippen MR) is 91.1 cm³/mol. The van der Waals surface area contributed by atoms with Crippen LogP contribution in [0.3, 0.4) is 0 Å². The first-order valence-corrected chi connectivity index (χ1v) is 7.85. The molecule has 1 N–H and O–H groups in total. The molecule has 0 bridgehead atoms. The van der Waals surface area contributed by atoms with Gasteiger partial charge in [-0.15, -0.1) is 0 Å². The van der Waals surface area contributed by atoms with Gasteiger partial charge in [-0.25, -0.2) is 0 Å². The van der Waals surface area contributed by atoms with Gasteiger partial charge in [0, 0.05) is 5.56 Å². The number of rotatable bonds is 7. The molecule has 23 heavy (non-hydrogen) atoms. The standard InChI is InChI=1S/C19H23NO3/c1-4-18(14-6-10-16(22-3)11-7-14)20-19(21)15-8-12-17(13-9-15)23-5-2/h6-13,18H,4-5H2,1-3H3,(H,20,21). The Morgan fingerprint density at radius 2 is 1.61 bits per heavy atom. The van der Waals surface area contributed by atoms with Crippen molar-refractivity contribution in [2.24, 2.45) is 0 Å². The van der Waals surface area contributed by atoms with Crippen molar-refractivity contribution in [1.29, 1.82) is 0 Å². The van der Waals surface area contributed by atoms with E-state index in [1.165, 1.54) is 0 Å². The SMILES string of the molecule is CCOc1ccc(C(=O)NC(CC)c2ccc(OC)cc2)cc1. The van der Waals surface area contributed by atoms with Gasteiger partial charge in [0.1, 0.15) is 11.5 Å². The predicted octanol–water partition coefficient (Wildman–Crippen LogP) is 3.98. The summed E-state index contributed by atoms with van der Waals surface area (Å²) in [6, 6.07) is 14.9. The molecule has 122 valence electrons. The Kier molecular flexibility index (Phi) is 6.03. The molecule has 2 aromatic rings. The zero-order valence-electron chi connectivity index (χ0n) is 13.8. The van der Waals surface area contributed by atoms with Crippen LogP contribution < -0.4 is 14.8 Å². The molecule has 4 heteroatoms. The second-order valence-electron chi connectivity index (χ2n) is 5.16. The van der Waals surface area contributed by atoms with Gasteiger partial charge in [-0.2, -0.15) is 0 Å². The normalized spacial score (nSPS) is 11.6. The van der Waals surface area contributed by atoms with Crippen LogP contribution in [-0.2, 0) is 0 Å². The minimum Gasteiger partial charge on any atom is -0.497 e. The third kappa shape index (κ3) is 4.49. The second-order valence-corrected chi connectivity index (χ2v) is 5.16. The van der Waals surface area contributed by atoms with Crippen LogP contribution in [0.4, 0.5) is 0 Å². The number of hydrogen-bond acceptors (Lipinski definition) is 3. The van der Waals surface area contributed by atoms with Gasteiger partial charge in [0.05, 0.1) is 19.8 Å². The van der Waals surface area contributed by atoms with Gasteiger partial charge in [-0.1, -0.05) is 19.1 Å². The lowest BCUT2D eigenvalue weighted by molar-refractivity contribution is 0.0935. The Labute approximate surface area is 137 Å². The molecular formula is C19H23NO3. The third-order valence-electron chi connectivity index (χ3n) is 3.66. The quantitative estimate of drug-likeness (QED) is 0.841. The lowest BCUT2D eigenvalue weighted by Gasteiger charge is -2.18. The number of amides is 1. The van der Waals surface area contributed by atoms with Crippen molar-refractivity contribution in [3.63, 3.8) is 0 Å². The first kappa shape index (κ1) is 16.9. The molecule has 0 aliphatic carbocycles. The number of nitrogens with one attached hydrogen (secondary N) is 1. The van der Waals surface area contributed by atoms with Crippen LogP contribution in [0.5, 0.6) is 11.5 Å². The average Bonchev–Trinajstić information content (AvgIpc) is 2.60. The van der Waals surface area contributed by atoms with Crippen molar-refractivity contribution in [1.82, 2.24) is 5.32 Å². The van der Waals surface area contributed by atoms with Crippen molar-refractivity contribution in [2.75, 3.05) is 13.7 Å². The number of carbonyl (C=O) groups is 1. The smallest absolute Gasteiger partial charge is 0.251 e. The summed E-state index contributed by atoms with van der Waals surface area (Å²) in [6.45, 7) is 4.59. The van der Waals surface area contributed by atoms with E-state index in [-0.39, 0.29) is 11.9 Å². The highest BCUT2D eigenvalue weighted by atomic mass is 16.5. The van der Waals surface area contributed by atoms with Gasteiger partial charge in [0.25, 0.3) is 5.91 Å². The molecule has 0 heterocycles. The fourth-order valence-electron chi connectivity index (χ4n) is 2.37. The lowest BCUT2D eigenvalue weighted by Crippen LogP contribution is -2.28. The molecule has 0 saturated carbocycles. The average molecular weight is 313 g/mol. The largest absolute Gasteiger partial charge is 0.497 e. The molecule has 1 amide bonds. The number of benzene rings is 2. The summed E-state index contributed by atoms with van der Waals surface area (Å²) < 4.78 is 10.6. The lowest BCUT2D eigenvalue weighted by atomic mass is 10.0. The molecule has 1 atom stereocenters. The summed E-state index contributed by atoms with van der Waals surface area (Å²) in [5.74, 6) is 1.49. The first-order valence-electron chi connectivity index (χ1n) is 7.85. The van der Waals surface area contributed by atoms with Crippen molar-refractivity contribution < 1.29 is 14.3 Å². The molecule has 1 unspecified atom stereocenters. The summed E-state index contributed by atoms with van der Waals surface area (Å²) >= 11 is 0. The van der Waals surface area contributed by atoms with Crippen LogP contribution in [0.25, 0.3) is 0 Å². The van der Waals surface area contributed by atoms with Crippen molar-refractivity contribution in [2.45, 2.75) is 26.3 Å². The number of ether oxygens (including phenoxy) is 2. The van der Waals surface area contributed by atoms with E-state index in [2.05, 4.69) is 5.32 Å². The van der Waals surface area contributed by atoms with Crippen LogP contribution in [0.15, 0.2) is 48.5 Å². The van der Waals surface area contributed by atoms with Gasteiger partial charge in [0.2, 0.25) is 0 Å². The summed E-state index contributed by atoms with van der Waals surface area (Å²) in [5, 5.41) is 3.07. The van der Waals surface area contributed by atoms with Crippen molar-refractivity contribution >= 4 is 5.91 Å². The van der Waals surface area contributed by atoms with Crippen LogP contribution in [0.1, 0.15) is 42.2 Å². The maximum atomic E-state index is 12.4. The van der Waals surface area contributed by atoms with Crippen LogP contribution >= 0.6 is 0 Å². The Balaban J connectivity index is 2.06. The van der Waals surface area contributed by atoms with E-state index in [1.807, 2.05) is 50.2 Å². The Bertz CT molecular complexity index is 620. The zero-order valence-corrected chi connectivity index (χ0v) is 13.8. The van der Waals surface area contributed by atoms with E-state index in [0.717, 1.165) is 23.5 Å². The monoisotopic (exact) mass is 313 g/mol. The first-order chi connectivity index (χ1) is 11.2. The van der Waals surface area contributed by atoms with E-state index >= 15 is 0 Å². The van der Waals surface area contributed by atoms with E-state index in [1.54, 1.807) is 19.2 Å². The maximum absolute atomic E-state index is 12.4. The molecule has 0 spiro atoms. The minimum atomic E-state index is -0.0873.